The number of carbonyl (C=O) groups is 1. The van der Waals surface area contributed by atoms with Crippen molar-refractivity contribution in [2.45, 2.75) is 45.4 Å². The van der Waals surface area contributed by atoms with Crippen molar-refractivity contribution in [3.05, 3.63) is 82.5 Å². The zero-order valence-electron chi connectivity index (χ0n) is 17.0. The van der Waals surface area contributed by atoms with E-state index in [1.807, 2.05) is 50.3 Å². The van der Waals surface area contributed by atoms with Crippen molar-refractivity contribution < 1.29 is 20.1 Å². The largest absolute Gasteiger partial charge is 0.507 e. The molecule has 0 bridgehead atoms. The van der Waals surface area contributed by atoms with Gasteiger partial charge in [0.25, 0.3) is 0 Å². The van der Waals surface area contributed by atoms with Gasteiger partial charge in [0.2, 0.25) is 0 Å². The monoisotopic (exact) mass is 392 g/mol. The van der Waals surface area contributed by atoms with Crippen LogP contribution in [0.15, 0.2) is 60.2 Å². The quantitative estimate of drug-likeness (QED) is 0.560. The summed E-state index contributed by atoms with van der Waals surface area (Å²) in [5, 5.41) is 31.6. The number of benzene rings is 2. The maximum atomic E-state index is 12.0. The fourth-order valence-electron chi connectivity index (χ4n) is 4.32. The zero-order chi connectivity index (χ0) is 21.1. The summed E-state index contributed by atoms with van der Waals surface area (Å²) in [6.45, 7) is 8.02. The molecule has 0 aromatic heterocycles. The van der Waals surface area contributed by atoms with Gasteiger partial charge in [0.1, 0.15) is 17.1 Å². The number of aromatic carboxylic acids is 1. The number of phenols is 2. The highest BCUT2D eigenvalue weighted by atomic mass is 16.4. The number of aromatic hydroxyl groups is 2. The number of allylic oxidation sites excluding steroid dienone is 3. The Morgan fingerprint density at radius 3 is 2.48 bits per heavy atom. The van der Waals surface area contributed by atoms with Gasteiger partial charge in [-0.25, -0.2) is 4.79 Å². The van der Waals surface area contributed by atoms with Gasteiger partial charge in [0.15, 0.2) is 0 Å². The summed E-state index contributed by atoms with van der Waals surface area (Å²) in [6.07, 6.45) is 4.84. The summed E-state index contributed by atoms with van der Waals surface area (Å²) < 4.78 is 0. The number of rotatable bonds is 6. The Morgan fingerprint density at radius 2 is 1.86 bits per heavy atom. The van der Waals surface area contributed by atoms with Crippen LogP contribution in [0.5, 0.6) is 11.5 Å². The molecule has 0 amide bonds. The van der Waals surface area contributed by atoms with Crippen LogP contribution >= 0.6 is 0 Å². The smallest absolute Gasteiger partial charge is 0.339 e. The first-order valence-electron chi connectivity index (χ1n) is 9.97. The van der Waals surface area contributed by atoms with E-state index in [9.17, 15) is 20.1 Å². The van der Waals surface area contributed by atoms with Crippen LogP contribution in [0.25, 0.3) is 0 Å². The van der Waals surface area contributed by atoms with Crippen molar-refractivity contribution >= 4 is 5.97 Å². The fourth-order valence-corrected chi connectivity index (χ4v) is 4.32. The lowest BCUT2D eigenvalue weighted by Crippen LogP contribution is -2.18. The highest BCUT2D eigenvalue weighted by Gasteiger charge is 2.33. The van der Waals surface area contributed by atoms with E-state index >= 15 is 0 Å². The molecule has 0 heterocycles. The molecule has 0 radical (unpaired) electrons. The van der Waals surface area contributed by atoms with Crippen molar-refractivity contribution in [2.24, 2.45) is 5.92 Å². The van der Waals surface area contributed by atoms with Gasteiger partial charge in [-0.3, -0.25) is 0 Å². The van der Waals surface area contributed by atoms with Gasteiger partial charge >= 0.3 is 5.97 Å². The third-order valence-electron chi connectivity index (χ3n) is 5.85. The maximum absolute atomic E-state index is 12.0. The third-order valence-corrected chi connectivity index (χ3v) is 5.85. The molecule has 0 aliphatic heterocycles. The first-order chi connectivity index (χ1) is 13.8. The Hall–Kier alpha value is -3.01. The molecule has 152 valence electrons. The molecule has 2 aromatic rings. The summed E-state index contributed by atoms with van der Waals surface area (Å²) in [5.74, 6) is -1.81. The minimum absolute atomic E-state index is 0.0484. The predicted octanol–water partition coefficient (Wildman–Crippen LogP) is 5.60. The Labute approximate surface area is 171 Å². The van der Waals surface area contributed by atoms with Gasteiger partial charge in [-0.2, -0.15) is 0 Å². The predicted molar refractivity (Wildman–Crippen MR) is 115 cm³/mol. The number of hydrogen-bond donors (Lipinski definition) is 3. The fraction of sp³-hybridized carbons (Fsp3) is 0.320. The highest BCUT2D eigenvalue weighted by Crippen LogP contribution is 2.48. The molecule has 2 atom stereocenters. The first kappa shape index (κ1) is 20.7. The molecule has 4 nitrogen and oxygen atoms in total. The summed E-state index contributed by atoms with van der Waals surface area (Å²) in [6, 6.07) is 11.2. The molecule has 3 rings (SSSR count). The Balaban J connectivity index is 2.05. The summed E-state index contributed by atoms with van der Waals surface area (Å²) in [4.78, 5) is 12.0. The lowest BCUT2D eigenvalue weighted by atomic mass is 9.73. The highest BCUT2D eigenvalue weighted by molar-refractivity contribution is 5.94. The number of carboxylic acid groups (broad SMARTS) is 1. The minimum atomic E-state index is -1.19. The molecule has 0 spiro atoms. The minimum Gasteiger partial charge on any atom is -0.507 e. The average molecular weight is 392 g/mol. The molecule has 29 heavy (non-hydrogen) atoms. The molecular formula is C25H28O4. The van der Waals surface area contributed by atoms with Gasteiger partial charge in [-0.1, -0.05) is 54.1 Å². The third kappa shape index (κ3) is 4.37. The van der Waals surface area contributed by atoms with Crippen LogP contribution in [-0.2, 0) is 12.8 Å². The normalized spacial score (nSPS) is 18.9. The van der Waals surface area contributed by atoms with Crippen LogP contribution in [0.4, 0.5) is 0 Å². The SMILES string of the molecule is C=C(C)C1CCC(C)=CC1c1c(O)cc(CCc2ccccc2)c(C(=O)O)c1O. The molecule has 2 aromatic carbocycles. The molecule has 1 aliphatic rings. The van der Waals surface area contributed by atoms with Crippen molar-refractivity contribution in [1.29, 1.82) is 0 Å². The van der Waals surface area contributed by atoms with E-state index in [0.29, 0.717) is 18.4 Å². The van der Waals surface area contributed by atoms with Crippen molar-refractivity contribution in [3.63, 3.8) is 0 Å². The molecule has 3 N–H and O–H groups in total. The van der Waals surface area contributed by atoms with E-state index < -0.39 is 5.97 Å². The summed E-state index contributed by atoms with van der Waals surface area (Å²) >= 11 is 0. The van der Waals surface area contributed by atoms with E-state index in [0.717, 1.165) is 29.6 Å². The standard InChI is InChI=1S/C25H28O4/c1-15(2)19-12-9-16(3)13-20(19)23-21(26)14-18(22(24(23)27)25(28)29)11-10-17-7-5-4-6-8-17/h4-8,13-14,19-20,26-27H,1,9-12H2,2-3H3,(H,28,29). The van der Waals surface area contributed by atoms with E-state index in [4.69, 9.17) is 0 Å². The van der Waals surface area contributed by atoms with E-state index in [1.165, 1.54) is 6.07 Å². The first-order valence-corrected chi connectivity index (χ1v) is 9.97. The molecule has 1 aliphatic carbocycles. The van der Waals surface area contributed by atoms with Gasteiger partial charge in [-0.15, -0.1) is 0 Å². The number of phenolic OH excluding ortho intramolecular Hbond substituents is 1. The van der Waals surface area contributed by atoms with Crippen LogP contribution in [0, 0.1) is 5.92 Å². The second kappa shape index (κ2) is 8.56. The summed E-state index contributed by atoms with van der Waals surface area (Å²) in [5.41, 5.74) is 3.80. The molecule has 0 fully saturated rings. The van der Waals surface area contributed by atoms with Crippen molar-refractivity contribution in [1.82, 2.24) is 0 Å². The number of hydrogen-bond acceptors (Lipinski definition) is 3. The molecular weight excluding hydrogens is 364 g/mol. The molecule has 0 saturated heterocycles. The molecule has 2 unspecified atom stereocenters. The van der Waals surface area contributed by atoms with Crippen LogP contribution in [0.2, 0.25) is 0 Å². The summed E-state index contributed by atoms with van der Waals surface area (Å²) in [7, 11) is 0. The lowest BCUT2D eigenvalue weighted by Gasteiger charge is -2.32. The van der Waals surface area contributed by atoms with Crippen molar-refractivity contribution in [3.8, 4) is 11.5 Å². The Kier molecular flexibility index (Phi) is 6.12. The maximum Gasteiger partial charge on any atom is 0.339 e. The zero-order valence-corrected chi connectivity index (χ0v) is 17.0. The van der Waals surface area contributed by atoms with E-state index in [-0.39, 0.29) is 34.5 Å². The van der Waals surface area contributed by atoms with Gasteiger partial charge in [-0.05, 0) is 62.6 Å². The van der Waals surface area contributed by atoms with Gasteiger partial charge in [0, 0.05) is 11.5 Å². The second-order valence-corrected chi connectivity index (χ2v) is 8.01. The molecule has 0 saturated carbocycles. The number of aryl methyl sites for hydroxylation is 2. The van der Waals surface area contributed by atoms with Crippen molar-refractivity contribution in [2.75, 3.05) is 0 Å². The topological polar surface area (TPSA) is 77.8 Å². The Bertz CT molecular complexity index is 957. The van der Waals surface area contributed by atoms with Crippen LogP contribution in [0.3, 0.4) is 0 Å². The molecule has 4 heteroatoms. The van der Waals surface area contributed by atoms with Crippen LogP contribution < -0.4 is 0 Å². The van der Waals surface area contributed by atoms with Crippen LogP contribution in [-0.4, -0.2) is 21.3 Å². The van der Waals surface area contributed by atoms with E-state index in [2.05, 4.69) is 6.58 Å². The Morgan fingerprint density at radius 1 is 1.17 bits per heavy atom. The lowest BCUT2D eigenvalue weighted by molar-refractivity contribution is 0.0692. The average Bonchev–Trinajstić information content (AvgIpc) is 2.66. The number of carboxylic acids is 1. The van der Waals surface area contributed by atoms with Gasteiger partial charge < -0.3 is 15.3 Å². The second-order valence-electron chi connectivity index (χ2n) is 8.01. The van der Waals surface area contributed by atoms with Gasteiger partial charge in [0.05, 0.1) is 0 Å². The van der Waals surface area contributed by atoms with Crippen LogP contribution in [0.1, 0.15) is 59.7 Å². The van der Waals surface area contributed by atoms with E-state index in [1.54, 1.807) is 0 Å².